The lowest BCUT2D eigenvalue weighted by atomic mass is 10.2. The van der Waals surface area contributed by atoms with Crippen molar-refractivity contribution in [2.75, 3.05) is 17.7 Å². The number of benzene rings is 1. The predicted molar refractivity (Wildman–Crippen MR) is 105 cm³/mol. The Balaban J connectivity index is 2.00. The second-order valence-electron chi connectivity index (χ2n) is 5.75. The van der Waals surface area contributed by atoms with Crippen LogP contribution in [0.2, 0.25) is 0 Å². The molecule has 2 aromatic rings. The number of para-hydroxylation sites is 1. The van der Waals surface area contributed by atoms with Crippen LogP contribution in [0.25, 0.3) is 0 Å². The van der Waals surface area contributed by atoms with Gasteiger partial charge in [-0.2, -0.15) is 0 Å². The third kappa shape index (κ3) is 6.56. The molecule has 2 rings (SSSR count). The van der Waals surface area contributed by atoms with E-state index in [0.29, 0.717) is 16.4 Å². The maximum absolute atomic E-state index is 12.3. The highest BCUT2D eigenvalue weighted by molar-refractivity contribution is 7.99. The van der Waals surface area contributed by atoms with E-state index in [9.17, 15) is 14.4 Å². The average Bonchev–Trinajstić information content (AvgIpc) is 2.65. The summed E-state index contributed by atoms with van der Waals surface area (Å²) in [4.78, 5) is 43.0. The van der Waals surface area contributed by atoms with Crippen LogP contribution in [0.3, 0.4) is 0 Å². The zero-order chi connectivity index (χ0) is 19.6. The lowest BCUT2D eigenvalue weighted by molar-refractivity contribution is -0.113. The fourth-order valence-electron chi connectivity index (χ4n) is 2.34. The maximum Gasteiger partial charge on any atom is 0.340 e. The molecule has 0 bridgehead atoms. The van der Waals surface area contributed by atoms with E-state index in [1.165, 1.54) is 6.07 Å². The van der Waals surface area contributed by atoms with Gasteiger partial charge in [-0.05, 0) is 31.9 Å². The molecule has 27 heavy (non-hydrogen) atoms. The van der Waals surface area contributed by atoms with Crippen molar-refractivity contribution in [1.82, 2.24) is 9.97 Å². The summed E-state index contributed by atoms with van der Waals surface area (Å²) in [5, 5.41) is 3.11. The molecule has 0 radical (unpaired) electrons. The minimum absolute atomic E-state index is 0.0529. The number of aromatic amines is 1. The van der Waals surface area contributed by atoms with E-state index in [0.717, 1.165) is 36.7 Å². The second kappa shape index (κ2) is 10.5. The van der Waals surface area contributed by atoms with Crippen LogP contribution in [0.15, 0.2) is 40.3 Å². The number of aromatic nitrogens is 2. The van der Waals surface area contributed by atoms with Gasteiger partial charge in [0.05, 0.1) is 23.6 Å². The topological polar surface area (TPSA) is 101 Å². The molecular weight excluding hydrogens is 366 g/mol. The third-order valence-electron chi connectivity index (χ3n) is 3.60. The second-order valence-corrected chi connectivity index (χ2v) is 6.71. The number of aryl methyl sites for hydroxylation is 1. The molecule has 8 heteroatoms. The average molecular weight is 389 g/mol. The molecule has 144 valence electrons. The molecule has 7 nitrogen and oxygen atoms in total. The number of unbranched alkanes of at least 4 members (excludes halogenated alkanes) is 1. The number of H-pyrrole nitrogens is 1. The van der Waals surface area contributed by atoms with Crippen LogP contribution >= 0.6 is 11.8 Å². The van der Waals surface area contributed by atoms with Crippen LogP contribution in [0.1, 0.15) is 42.7 Å². The monoisotopic (exact) mass is 389 g/mol. The first-order valence-electron chi connectivity index (χ1n) is 8.82. The number of ether oxygens (including phenoxy) is 1. The van der Waals surface area contributed by atoms with Crippen LogP contribution in [0.5, 0.6) is 0 Å². The molecule has 0 aliphatic carbocycles. The van der Waals surface area contributed by atoms with Crippen molar-refractivity contribution in [3.8, 4) is 0 Å². The van der Waals surface area contributed by atoms with E-state index < -0.39 is 5.97 Å². The standard InChI is InChI=1S/C19H23N3O4S/c1-3-5-8-13-11-16(23)22-19(20-13)27-12-17(24)21-15-10-7-6-9-14(15)18(25)26-4-2/h6-7,9-11H,3-5,8,12H2,1-2H3,(H,21,24)(H,20,22,23). The fraction of sp³-hybridized carbons (Fsp3) is 0.368. The van der Waals surface area contributed by atoms with E-state index in [1.807, 2.05) is 0 Å². The number of hydrogen-bond acceptors (Lipinski definition) is 6. The molecule has 2 N–H and O–H groups in total. The first-order valence-corrected chi connectivity index (χ1v) is 9.81. The van der Waals surface area contributed by atoms with Gasteiger partial charge in [0.1, 0.15) is 0 Å². The van der Waals surface area contributed by atoms with Gasteiger partial charge in [0.2, 0.25) is 5.91 Å². The molecule has 0 fully saturated rings. The van der Waals surface area contributed by atoms with Gasteiger partial charge in [-0.25, -0.2) is 9.78 Å². The number of nitrogens with one attached hydrogen (secondary N) is 2. The van der Waals surface area contributed by atoms with Gasteiger partial charge in [-0.1, -0.05) is 37.2 Å². The van der Waals surface area contributed by atoms with Crippen LogP contribution < -0.4 is 10.9 Å². The molecule has 0 atom stereocenters. The lowest BCUT2D eigenvalue weighted by Crippen LogP contribution is -2.18. The number of nitrogens with zero attached hydrogens (tertiary/aromatic N) is 1. The van der Waals surface area contributed by atoms with Crippen molar-refractivity contribution >= 4 is 29.3 Å². The van der Waals surface area contributed by atoms with Crippen LogP contribution in [-0.2, 0) is 16.0 Å². The van der Waals surface area contributed by atoms with Gasteiger partial charge in [0, 0.05) is 11.8 Å². The fourth-order valence-corrected chi connectivity index (χ4v) is 3.03. The normalized spacial score (nSPS) is 10.4. The first-order chi connectivity index (χ1) is 13.0. The quantitative estimate of drug-likeness (QED) is 0.388. The van der Waals surface area contributed by atoms with Crippen molar-refractivity contribution in [3.05, 3.63) is 51.9 Å². The summed E-state index contributed by atoms with van der Waals surface area (Å²) in [6.45, 7) is 4.05. The number of carbonyl (C=O) groups is 2. The number of carbonyl (C=O) groups excluding carboxylic acids is 2. The molecule has 1 aromatic heterocycles. The minimum atomic E-state index is -0.490. The Morgan fingerprint density at radius 3 is 2.78 bits per heavy atom. The molecule has 0 spiro atoms. The zero-order valence-corrected chi connectivity index (χ0v) is 16.2. The number of anilines is 1. The van der Waals surface area contributed by atoms with Gasteiger partial charge in [0.25, 0.3) is 5.56 Å². The molecule has 0 saturated carbocycles. The number of esters is 1. The van der Waals surface area contributed by atoms with Gasteiger partial charge in [-0.3, -0.25) is 9.59 Å². The number of rotatable bonds is 9. The van der Waals surface area contributed by atoms with E-state index in [-0.39, 0.29) is 23.8 Å². The summed E-state index contributed by atoms with van der Waals surface area (Å²) in [5.41, 5.74) is 1.17. The van der Waals surface area contributed by atoms with Crippen molar-refractivity contribution in [3.63, 3.8) is 0 Å². The van der Waals surface area contributed by atoms with Crippen LogP contribution in [0.4, 0.5) is 5.69 Å². The smallest absolute Gasteiger partial charge is 0.340 e. The highest BCUT2D eigenvalue weighted by Crippen LogP contribution is 2.18. The van der Waals surface area contributed by atoms with Gasteiger partial charge in [0.15, 0.2) is 5.16 Å². The Kier molecular flexibility index (Phi) is 8.06. The Bertz CT molecular complexity index is 851. The third-order valence-corrected chi connectivity index (χ3v) is 4.47. The number of hydrogen-bond donors (Lipinski definition) is 2. The Morgan fingerprint density at radius 2 is 2.04 bits per heavy atom. The summed E-state index contributed by atoms with van der Waals surface area (Å²) >= 11 is 1.14. The predicted octanol–water partition coefficient (Wildman–Crippen LogP) is 3.02. The Hall–Kier alpha value is -2.61. The van der Waals surface area contributed by atoms with Gasteiger partial charge >= 0.3 is 5.97 Å². The SMILES string of the molecule is CCCCc1cc(=O)[nH]c(SCC(=O)Nc2ccccc2C(=O)OCC)n1. The highest BCUT2D eigenvalue weighted by atomic mass is 32.2. The molecule has 1 heterocycles. The van der Waals surface area contributed by atoms with Gasteiger partial charge in [-0.15, -0.1) is 0 Å². The maximum atomic E-state index is 12.3. The molecule has 1 amide bonds. The van der Waals surface area contributed by atoms with Gasteiger partial charge < -0.3 is 15.0 Å². The Morgan fingerprint density at radius 1 is 1.26 bits per heavy atom. The van der Waals surface area contributed by atoms with E-state index in [4.69, 9.17) is 4.74 Å². The summed E-state index contributed by atoms with van der Waals surface area (Å²) in [6.07, 6.45) is 2.69. The Labute approximate surface area is 161 Å². The van der Waals surface area contributed by atoms with Crippen LogP contribution in [-0.4, -0.2) is 34.2 Å². The van der Waals surface area contributed by atoms with E-state index in [1.54, 1.807) is 31.2 Å². The summed E-state index contributed by atoms with van der Waals surface area (Å²) in [7, 11) is 0. The number of thioether (sulfide) groups is 1. The van der Waals surface area contributed by atoms with Crippen molar-refractivity contribution in [1.29, 1.82) is 0 Å². The summed E-state index contributed by atoms with van der Waals surface area (Å²) in [5.74, 6) is -0.744. The van der Waals surface area contributed by atoms with Crippen molar-refractivity contribution in [2.24, 2.45) is 0 Å². The highest BCUT2D eigenvalue weighted by Gasteiger charge is 2.14. The molecule has 0 unspecified atom stereocenters. The summed E-state index contributed by atoms with van der Waals surface area (Å²) in [6, 6.07) is 8.14. The molecule has 0 aliphatic rings. The summed E-state index contributed by atoms with van der Waals surface area (Å²) < 4.78 is 4.99. The molecule has 0 aliphatic heterocycles. The molecule has 1 aromatic carbocycles. The van der Waals surface area contributed by atoms with Crippen molar-refractivity contribution in [2.45, 2.75) is 38.3 Å². The molecular formula is C19H23N3O4S. The first kappa shape index (κ1) is 20.7. The lowest BCUT2D eigenvalue weighted by Gasteiger charge is -2.10. The van der Waals surface area contributed by atoms with Crippen LogP contribution in [0, 0.1) is 0 Å². The van der Waals surface area contributed by atoms with E-state index >= 15 is 0 Å². The molecule has 0 saturated heterocycles. The van der Waals surface area contributed by atoms with Crippen molar-refractivity contribution < 1.29 is 14.3 Å². The number of amides is 1. The van der Waals surface area contributed by atoms with E-state index in [2.05, 4.69) is 22.2 Å². The minimum Gasteiger partial charge on any atom is -0.462 e. The zero-order valence-electron chi connectivity index (χ0n) is 15.4. The largest absolute Gasteiger partial charge is 0.462 e.